The van der Waals surface area contributed by atoms with Gasteiger partial charge in [0, 0.05) is 11.1 Å². The number of carbonyl (C=O) groups excluding carboxylic acids is 5. The van der Waals surface area contributed by atoms with E-state index in [1.807, 2.05) is 0 Å². The van der Waals surface area contributed by atoms with Crippen molar-refractivity contribution in [3.63, 3.8) is 0 Å². The lowest BCUT2D eigenvalue weighted by molar-refractivity contribution is -0.138. The van der Waals surface area contributed by atoms with Gasteiger partial charge in [-0.2, -0.15) is 0 Å². The van der Waals surface area contributed by atoms with E-state index >= 15 is 0 Å². The topological polar surface area (TPSA) is 120 Å². The van der Waals surface area contributed by atoms with Gasteiger partial charge in [0.2, 0.25) is 0 Å². The number of benzene rings is 2. The minimum atomic E-state index is -1.16. The van der Waals surface area contributed by atoms with Gasteiger partial charge in [-0.1, -0.05) is 47.9 Å². The highest BCUT2D eigenvalue weighted by Gasteiger charge is 2.50. The third-order valence-electron chi connectivity index (χ3n) is 7.39. The first kappa shape index (κ1) is 30.5. The summed E-state index contributed by atoms with van der Waals surface area (Å²) in [7, 11) is 3.93. The summed E-state index contributed by atoms with van der Waals surface area (Å²) >= 11 is 8.09. The number of ether oxygens (including phenoxy) is 3. The molecule has 0 bridgehead atoms. The standard InChI is InChI=1S/C30H26N2O8S3/c1-14(31-25(34)16-9-7-8-10-17(16)26(31)35)24(33)32-19-12-11-15(38-4)13-18(19)20(23(41)30(32,2)3)29-42-21(27(36)39-5)22(43-29)28(37)40-6/h7-14H,1-6H3/t14-/m0/s1. The lowest BCUT2D eigenvalue weighted by Gasteiger charge is -2.46. The van der Waals surface area contributed by atoms with Crippen molar-refractivity contribution in [3.05, 3.63) is 73.2 Å². The van der Waals surface area contributed by atoms with E-state index in [1.54, 1.807) is 56.3 Å². The molecule has 13 heteroatoms. The Morgan fingerprint density at radius 3 is 1.88 bits per heavy atom. The molecule has 3 aliphatic rings. The van der Waals surface area contributed by atoms with Crippen LogP contribution in [0, 0.1) is 0 Å². The van der Waals surface area contributed by atoms with Crippen LogP contribution < -0.4 is 9.64 Å². The molecule has 43 heavy (non-hydrogen) atoms. The Morgan fingerprint density at radius 1 is 0.860 bits per heavy atom. The zero-order valence-corrected chi connectivity index (χ0v) is 26.5. The average molecular weight is 639 g/mol. The Bertz CT molecular complexity index is 1650. The minimum absolute atomic E-state index is 0.0599. The monoisotopic (exact) mass is 638 g/mol. The van der Waals surface area contributed by atoms with E-state index < -0.39 is 41.2 Å². The molecule has 2 aromatic rings. The number of anilines is 1. The van der Waals surface area contributed by atoms with Crippen LogP contribution in [0.3, 0.4) is 0 Å². The molecular formula is C30H26N2O8S3. The van der Waals surface area contributed by atoms with Gasteiger partial charge in [0.1, 0.15) is 21.6 Å². The summed E-state index contributed by atoms with van der Waals surface area (Å²) < 4.78 is 15.8. The normalized spacial score (nSPS) is 18.0. The molecule has 0 aliphatic carbocycles. The summed E-state index contributed by atoms with van der Waals surface area (Å²) in [4.78, 5) is 68.9. The zero-order valence-electron chi connectivity index (χ0n) is 24.0. The molecule has 5 rings (SSSR count). The molecule has 0 saturated heterocycles. The fourth-order valence-corrected chi connectivity index (χ4v) is 8.21. The number of imide groups is 1. The number of nitrogens with zero attached hydrogens (tertiary/aromatic N) is 2. The number of carbonyl (C=O) groups is 5. The lowest BCUT2D eigenvalue weighted by atomic mass is 9.82. The highest BCUT2D eigenvalue weighted by atomic mass is 32.2. The molecule has 0 saturated carbocycles. The molecule has 3 heterocycles. The second-order valence-corrected chi connectivity index (χ2v) is 12.9. The molecule has 1 atom stereocenters. The smallest absolute Gasteiger partial charge is 0.346 e. The van der Waals surface area contributed by atoms with Gasteiger partial charge in [-0.15, -0.1) is 0 Å². The quantitative estimate of drug-likeness (QED) is 0.198. The first-order valence-electron chi connectivity index (χ1n) is 12.9. The Morgan fingerprint density at radius 2 is 1.40 bits per heavy atom. The second-order valence-electron chi connectivity index (χ2n) is 10.2. The van der Waals surface area contributed by atoms with Crippen molar-refractivity contribution < 1.29 is 38.2 Å². The van der Waals surface area contributed by atoms with Crippen LogP contribution in [0.2, 0.25) is 0 Å². The molecule has 3 aliphatic heterocycles. The highest BCUT2D eigenvalue weighted by Crippen LogP contribution is 2.56. The summed E-state index contributed by atoms with van der Waals surface area (Å²) in [6.07, 6.45) is 0. The third kappa shape index (κ3) is 4.75. The van der Waals surface area contributed by atoms with Crippen LogP contribution in [-0.2, 0) is 23.9 Å². The van der Waals surface area contributed by atoms with Crippen molar-refractivity contribution in [1.82, 2.24) is 4.90 Å². The van der Waals surface area contributed by atoms with Gasteiger partial charge in [-0.05, 0) is 51.1 Å². The van der Waals surface area contributed by atoms with Crippen molar-refractivity contribution in [2.75, 3.05) is 26.2 Å². The summed E-state index contributed by atoms with van der Waals surface area (Å²) in [5, 5.41) is 0. The Balaban J connectivity index is 1.63. The van der Waals surface area contributed by atoms with E-state index in [9.17, 15) is 24.0 Å². The van der Waals surface area contributed by atoms with Gasteiger partial charge in [0.25, 0.3) is 17.7 Å². The van der Waals surface area contributed by atoms with Crippen LogP contribution in [0.15, 0.2) is 56.5 Å². The Kier molecular flexibility index (Phi) is 8.01. The summed E-state index contributed by atoms with van der Waals surface area (Å²) in [6, 6.07) is 10.4. The molecule has 3 amide bonds. The number of fused-ring (bicyclic) bond motifs is 2. The van der Waals surface area contributed by atoms with E-state index in [2.05, 4.69) is 0 Å². The van der Waals surface area contributed by atoms with Crippen molar-refractivity contribution in [1.29, 1.82) is 0 Å². The van der Waals surface area contributed by atoms with Crippen molar-refractivity contribution in [2.45, 2.75) is 32.4 Å². The first-order chi connectivity index (χ1) is 20.4. The molecule has 0 unspecified atom stereocenters. The maximum atomic E-state index is 14.3. The number of rotatable bonds is 5. The average Bonchev–Trinajstić information content (AvgIpc) is 3.55. The molecule has 0 spiro atoms. The summed E-state index contributed by atoms with van der Waals surface area (Å²) in [6.45, 7) is 5.03. The van der Waals surface area contributed by atoms with Crippen LogP contribution in [0.4, 0.5) is 5.69 Å². The molecule has 0 radical (unpaired) electrons. The van der Waals surface area contributed by atoms with Gasteiger partial charge >= 0.3 is 11.9 Å². The number of hydrogen-bond donors (Lipinski definition) is 0. The largest absolute Gasteiger partial charge is 0.497 e. The van der Waals surface area contributed by atoms with E-state index in [0.717, 1.165) is 28.4 Å². The van der Waals surface area contributed by atoms with Crippen LogP contribution >= 0.6 is 35.7 Å². The maximum absolute atomic E-state index is 14.3. The first-order valence-corrected chi connectivity index (χ1v) is 15.0. The second kappa shape index (κ2) is 11.3. The number of hydrogen-bond acceptors (Lipinski definition) is 11. The van der Waals surface area contributed by atoms with E-state index in [-0.39, 0.29) is 20.9 Å². The van der Waals surface area contributed by atoms with Crippen LogP contribution in [0.25, 0.3) is 5.57 Å². The lowest BCUT2D eigenvalue weighted by Crippen LogP contribution is -2.60. The number of methoxy groups -OCH3 is 3. The minimum Gasteiger partial charge on any atom is -0.497 e. The zero-order chi connectivity index (χ0) is 31.4. The number of esters is 2. The number of amides is 3. The predicted molar refractivity (Wildman–Crippen MR) is 167 cm³/mol. The summed E-state index contributed by atoms with van der Waals surface area (Å²) in [5.41, 5.74) is 0.817. The van der Waals surface area contributed by atoms with Gasteiger partial charge < -0.3 is 14.2 Å². The summed E-state index contributed by atoms with van der Waals surface area (Å²) in [5.74, 6) is -2.55. The SMILES string of the molecule is COC(=O)C1=C(C(=O)OC)SC(=C2C(=S)C(C)(C)N(C(=O)[C@H](C)N3C(=O)c4ccccc4C3=O)c3ccc(OC)cc32)S1. The van der Waals surface area contributed by atoms with Crippen LogP contribution in [0.1, 0.15) is 47.1 Å². The van der Waals surface area contributed by atoms with Gasteiger partial charge in [0.05, 0.1) is 52.8 Å². The molecular weight excluding hydrogens is 613 g/mol. The third-order valence-corrected chi connectivity index (χ3v) is 10.6. The van der Waals surface area contributed by atoms with Crippen molar-refractivity contribution >= 4 is 81.5 Å². The Labute approximate surface area is 261 Å². The fourth-order valence-electron chi connectivity index (χ4n) is 5.18. The molecule has 222 valence electrons. The number of thiocarbonyl (C=S) groups is 1. The Hall–Kier alpha value is -3.94. The molecule has 10 nitrogen and oxygen atoms in total. The number of thioether (sulfide) groups is 2. The van der Waals surface area contributed by atoms with Crippen LogP contribution in [-0.4, -0.2) is 72.3 Å². The maximum Gasteiger partial charge on any atom is 0.346 e. The van der Waals surface area contributed by atoms with E-state index in [4.69, 9.17) is 26.4 Å². The van der Waals surface area contributed by atoms with Gasteiger partial charge in [-0.25, -0.2) is 9.59 Å². The fraction of sp³-hybridized carbons (Fsp3) is 0.267. The van der Waals surface area contributed by atoms with Gasteiger partial charge in [-0.3, -0.25) is 24.2 Å². The predicted octanol–water partition coefficient (Wildman–Crippen LogP) is 4.58. The van der Waals surface area contributed by atoms with Gasteiger partial charge in [0.15, 0.2) is 0 Å². The van der Waals surface area contributed by atoms with Crippen LogP contribution in [0.5, 0.6) is 5.75 Å². The molecule has 0 aromatic heterocycles. The molecule has 2 aromatic carbocycles. The van der Waals surface area contributed by atoms with E-state index in [0.29, 0.717) is 31.7 Å². The van der Waals surface area contributed by atoms with E-state index in [1.165, 1.54) is 33.2 Å². The highest BCUT2D eigenvalue weighted by molar-refractivity contribution is 8.29. The molecule has 0 N–H and O–H groups in total. The van der Waals surface area contributed by atoms with Crippen molar-refractivity contribution in [2.24, 2.45) is 0 Å². The van der Waals surface area contributed by atoms with Crippen molar-refractivity contribution in [3.8, 4) is 5.75 Å². The molecule has 0 fully saturated rings.